The van der Waals surface area contributed by atoms with Gasteiger partial charge < -0.3 is 9.21 Å². The van der Waals surface area contributed by atoms with Gasteiger partial charge in [0, 0.05) is 12.3 Å². The van der Waals surface area contributed by atoms with E-state index < -0.39 is 0 Å². The van der Waals surface area contributed by atoms with Crippen molar-refractivity contribution in [1.82, 2.24) is 0 Å². The van der Waals surface area contributed by atoms with Crippen molar-refractivity contribution in [1.29, 1.82) is 0 Å². The van der Waals surface area contributed by atoms with E-state index in [0.717, 1.165) is 12.2 Å². The second-order valence-corrected chi connectivity index (χ2v) is 3.03. The fraction of sp³-hybridized carbons (Fsp3) is 0.500. The molecule has 1 aromatic rings. The number of carbonyl (C=O) groups is 1. The maximum Gasteiger partial charge on any atom is 0.130 e. The monoisotopic (exact) mass is 166 g/mol. The third-order valence-corrected chi connectivity index (χ3v) is 1.97. The molecule has 1 rings (SSSR count). The van der Waals surface area contributed by atoms with Crippen molar-refractivity contribution in [3.63, 3.8) is 0 Å². The second-order valence-electron chi connectivity index (χ2n) is 3.03. The quantitative estimate of drug-likeness (QED) is 0.688. The van der Waals surface area contributed by atoms with Crippen molar-refractivity contribution in [2.75, 3.05) is 0 Å². The first-order valence-corrected chi connectivity index (χ1v) is 4.27. The Morgan fingerprint density at radius 3 is 2.83 bits per heavy atom. The highest BCUT2D eigenvalue weighted by molar-refractivity contribution is 5.76. The Morgan fingerprint density at radius 1 is 1.67 bits per heavy atom. The van der Waals surface area contributed by atoms with E-state index in [1.165, 1.54) is 0 Å². The Morgan fingerprint density at radius 2 is 2.42 bits per heavy atom. The van der Waals surface area contributed by atoms with E-state index >= 15 is 0 Å². The van der Waals surface area contributed by atoms with Gasteiger partial charge in [-0.25, -0.2) is 0 Å². The first-order chi connectivity index (χ1) is 5.74. The molecule has 0 aliphatic carbocycles. The standard InChI is InChI=1S/C10H14O2/c1-3-9(7-8(2)11)10-5-4-6-12-10/h4-6,9H,3,7H2,1-2H3/t9-/m0/s1. The molecule has 66 valence electrons. The molecule has 0 aromatic carbocycles. The van der Waals surface area contributed by atoms with Gasteiger partial charge in [0.25, 0.3) is 0 Å². The Balaban J connectivity index is 2.63. The van der Waals surface area contributed by atoms with Gasteiger partial charge in [-0.15, -0.1) is 0 Å². The maximum atomic E-state index is 10.9. The summed E-state index contributed by atoms with van der Waals surface area (Å²) in [4.78, 5) is 10.9. The predicted molar refractivity (Wildman–Crippen MR) is 47.0 cm³/mol. The summed E-state index contributed by atoms with van der Waals surface area (Å²) in [6.07, 6.45) is 3.19. The number of ketones is 1. The summed E-state index contributed by atoms with van der Waals surface area (Å²) in [5, 5.41) is 0. The van der Waals surface area contributed by atoms with Crippen LogP contribution in [-0.4, -0.2) is 5.78 Å². The van der Waals surface area contributed by atoms with E-state index in [4.69, 9.17) is 4.42 Å². The minimum absolute atomic E-state index is 0.221. The van der Waals surface area contributed by atoms with Crippen LogP contribution in [0, 0.1) is 0 Å². The number of carbonyl (C=O) groups excluding carboxylic acids is 1. The third-order valence-electron chi connectivity index (χ3n) is 1.97. The molecule has 1 atom stereocenters. The molecule has 0 fully saturated rings. The van der Waals surface area contributed by atoms with Gasteiger partial charge in [-0.05, 0) is 25.5 Å². The van der Waals surface area contributed by atoms with Gasteiger partial charge in [-0.3, -0.25) is 0 Å². The number of hydrogen-bond donors (Lipinski definition) is 0. The number of Topliss-reactive ketones (excluding diaryl/α,β-unsaturated/α-hetero) is 1. The molecule has 2 nitrogen and oxygen atoms in total. The molecule has 2 heteroatoms. The van der Waals surface area contributed by atoms with Crippen LogP contribution >= 0.6 is 0 Å². The highest BCUT2D eigenvalue weighted by Crippen LogP contribution is 2.23. The molecular formula is C10H14O2. The predicted octanol–water partition coefficient (Wildman–Crippen LogP) is 2.75. The molecule has 0 amide bonds. The molecule has 0 radical (unpaired) electrons. The van der Waals surface area contributed by atoms with Gasteiger partial charge in [0.15, 0.2) is 0 Å². The number of hydrogen-bond acceptors (Lipinski definition) is 2. The molecule has 0 saturated heterocycles. The van der Waals surface area contributed by atoms with Gasteiger partial charge >= 0.3 is 0 Å². The van der Waals surface area contributed by atoms with Crippen LogP contribution in [-0.2, 0) is 4.79 Å². The zero-order valence-electron chi connectivity index (χ0n) is 7.54. The lowest BCUT2D eigenvalue weighted by Crippen LogP contribution is -2.01. The minimum atomic E-state index is 0.221. The summed E-state index contributed by atoms with van der Waals surface area (Å²) in [6, 6.07) is 3.79. The average molecular weight is 166 g/mol. The molecule has 0 saturated carbocycles. The molecule has 1 aromatic heterocycles. The summed E-state index contributed by atoms with van der Waals surface area (Å²) in [7, 11) is 0. The van der Waals surface area contributed by atoms with E-state index in [1.807, 2.05) is 12.1 Å². The lowest BCUT2D eigenvalue weighted by atomic mass is 9.98. The lowest BCUT2D eigenvalue weighted by Gasteiger charge is -2.08. The summed E-state index contributed by atoms with van der Waals surface area (Å²) < 4.78 is 5.24. The molecular weight excluding hydrogens is 152 g/mol. The molecule has 0 unspecified atom stereocenters. The second kappa shape index (κ2) is 4.10. The smallest absolute Gasteiger partial charge is 0.130 e. The highest BCUT2D eigenvalue weighted by atomic mass is 16.3. The van der Waals surface area contributed by atoms with Crippen LogP contribution in [0.25, 0.3) is 0 Å². The fourth-order valence-electron chi connectivity index (χ4n) is 1.32. The van der Waals surface area contributed by atoms with Crippen molar-refractivity contribution in [2.45, 2.75) is 32.6 Å². The fourth-order valence-corrected chi connectivity index (χ4v) is 1.32. The Kier molecular flexibility index (Phi) is 3.09. The van der Waals surface area contributed by atoms with Crippen molar-refractivity contribution < 1.29 is 9.21 Å². The highest BCUT2D eigenvalue weighted by Gasteiger charge is 2.13. The minimum Gasteiger partial charge on any atom is -0.469 e. The zero-order valence-corrected chi connectivity index (χ0v) is 7.54. The number of furan rings is 1. The van der Waals surface area contributed by atoms with Crippen LogP contribution in [0.15, 0.2) is 22.8 Å². The Labute approximate surface area is 72.6 Å². The molecule has 0 N–H and O–H groups in total. The van der Waals surface area contributed by atoms with E-state index in [-0.39, 0.29) is 11.7 Å². The lowest BCUT2D eigenvalue weighted by molar-refractivity contribution is -0.117. The Hall–Kier alpha value is -1.05. The first kappa shape index (κ1) is 9.04. The third kappa shape index (κ3) is 2.22. The van der Waals surface area contributed by atoms with E-state index in [0.29, 0.717) is 6.42 Å². The zero-order chi connectivity index (χ0) is 8.97. The van der Waals surface area contributed by atoms with E-state index in [2.05, 4.69) is 6.92 Å². The average Bonchev–Trinajstić information content (AvgIpc) is 2.51. The maximum absolute atomic E-state index is 10.9. The SMILES string of the molecule is CC[C@@H](CC(C)=O)c1ccco1. The van der Waals surface area contributed by atoms with Crippen LogP contribution in [0.3, 0.4) is 0 Å². The van der Waals surface area contributed by atoms with Gasteiger partial charge in [0.2, 0.25) is 0 Å². The molecule has 0 aliphatic heterocycles. The summed E-state index contributed by atoms with van der Waals surface area (Å²) in [5.74, 6) is 1.41. The van der Waals surface area contributed by atoms with Crippen LogP contribution < -0.4 is 0 Å². The van der Waals surface area contributed by atoms with Gasteiger partial charge in [-0.1, -0.05) is 6.92 Å². The van der Waals surface area contributed by atoms with Crippen molar-refractivity contribution >= 4 is 5.78 Å². The summed E-state index contributed by atoms with van der Waals surface area (Å²) in [5.41, 5.74) is 0. The molecule has 0 bridgehead atoms. The van der Waals surface area contributed by atoms with Crippen molar-refractivity contribution in [2.24, 2.45) is 0 Å². The van der Waals surface area contributed by atoms with Gasteiger partial charge in [-0.2, -0.15) is 0 Å². The van der Waals surface area contributed by atoms with E-state index in [9.17, 15) is 4.79 Å². The Bertz CT molecular complexity index is 236. The summed E-state index contributed by atoms with van der Waals surface area (Å²) in [6.45, 7) is 3.68. The van der Waals surface area contributed by atoms with Crippen LogP contribution in [0.2, 0.25) is 0 Å². The first-order valence-electron chi connectivity index (χ1n) is 4.27. The molecule has 1 heterocycles. The summed E-state index contributed by atoms with van der Waals surface area (Å²) >= 11 is 0. The topological polar surface area (TPSA) is 30.2 Å². The molecule has 12 heavy (non-hydrogen) atoms. The van der Waals surface area contributed by atoms with Crippen LogP contribution in [0.5, 0.6) is 0 Å². The normalized spacial score (nSPS) is 12.8. The van der Waals surface area contributed by atoms with E-state index in [1.54, 1.807) is 13.2 Å². The van der Waals surface area contributed by atoms with Gasteiger partial charge in [0.05, 0.1) is 6.26 Å². The molecule has 0 spiro atoms. The molecule has 0 aliphatic rings. The van der Waals surface area contributed by atoms with Crippen molar-refractivity contribution in [3.05, 3.63) is 24.2 Å². The van der Waals surface area contributed by atoms with Crippen molar-refractivity contribution in [3.8, 4) is 0 Å². The number of rotatable bonds is 4. The van der Waals surface area contributed by atoms with Crippen LogP contribution in [0.1, 0.15) is 38.4 Å². The van der Waals surface area contributed by atoms with Gasteiger partial charge in [0.1, 0.15) is 11.5 Å². The van der Waals surface area contributed by atoms with Crippen LogP contribution in [0.4, 0.5) is 0 Å². The largest absolute Gasteiger partial charge is 0.469 e.